The van der Waals surface area contributed by atoms with Gasteiger partial charge < -0.3 is 10.5 Å². The molecule has 90 valence electrons. The summed E-state index contributed by atoms with van der Waals surface area (Å²) in [5.41, 5.74) is 7.90. The summed E-state index contributed by atoms with van der Waals surface area (Å²) in [6.45, 7) is 0.899. The van der Waals surface area contributed by atoms with Crippen LogP contribution in [0.4, 0.5) is 0 Å². The van der Waals surface area contributed by atoms with Crippen LogP contribution in [0, 0.1) is 11.3 Å². The molecule has 0 radical (unpaired) electrons. The topological polar surface area (TPSA) is 71.9 Å². The van der Waals surface area contributed by atoms with Crippen LogP contribution in [0.1, 0.15) is 16.8 Å². The first-order valence-electron chi connectivity index (χ1n) is 5.58. The van der Waals surface area contributed by atoms with Gasteiger partial charge in [-0.05, 0) is 35.4 Å². The summed E-state index contributed by atoms with van der Waals surface area (Å²) in [5.74, 6) is 0.772. The highest BCUT2D eigenvalue weighted by atomic mass is 16.5. The molecule has 0 unspecified atom stereocenters. The molecular weight excluding hydrogens is 226 g/mol. The van der Waals surface area contributed by atoms with Gasteiger partial charge in [-0.25, -0.2) is 4.98 Å². The van der Waals surface area contributed by atoms with Gasteiger partial charge >= 0.3 is 0 Å². The minimum absolute atomic E-state index is 0.395. The SMILES string of the molecule is N#Cc1cc(COc2cccc(CN)c2)ccn1. The number of benzene rings is 1. The third-order valence-electron chi connectivity index (χ3n) is 2.48. The van der Waals surface area contributed by atoms with E-state index >= 15 is 0 Å². The second kappa shape index (κ2) is 5.80. The first kappa shape index (κ1) is 12.1. The normalized spacial score (nSPS) is 9.78. The van der Waals surface area contributed by atoms with Gasteiger partial charge in [0.1, 0.15) is 24.1 Å². The average molecular weight is 239 g/mol. The minimum atomic E-state index is 0.395. The van der Waals surface area contributed by atoms with E-state index < -0.39 is 0 Å². The van der Waals surface area contributed by atoms with Crippen molar-refractivity contribution in [2.75, 3.05) is 0 Å². The second-order valence-corrected chi connectivity index (χ2v) is 3.80. The van der Waals surface area contributed by atoms with Gasteiger partial charge in [-0.15, -0.1) is 0 Å². The zero-order valence-electron chi connectivity index (χ0n) is 9.84. The molecule has 18 heavy (non-hydrogen) atoms. The fraction of sp³-hybridized carbons (Fsp3) is 0.143. The lowest BCUT2D eigenvalue weighted by molar-refractivity contribution is 0.306. The maximum absolute atomic E-state index is 8.75. The molecule has 0 bridgehead atoms. The highest BCUT2D eigenvalue weighted by molar-refractivity contribution is 5.29. The Balaban J connectivity index is 2.04. The number of hydrogen-bond acceptors (Lipinski definition) is 4. The molecule has 0 saturated carbocycles. The third-order valence-corrected chi connectivity index (χ3v) is 2.48. The summed E-state index contributed by atoms with van der Waals surface area (Å²) in [5, 5.41) is 8.75. The number of aromatic nitrogens is 1. The van der Waals surface area contributed by atoms with E-state index in [9.17, 15) is 0 Å². The van der Waals surface area contributed by atoms with Crippen molar-refractivity contribution in [3.63, 3.8) is 0 Å². The fourth-order valence-corrected chi connectivity index (χ4v) is 1.55. The largest absolute Gasteiger partial charge is 0.489 e. The molecular formula is C14H13N3O. The highest BCUT2D eigenvalue weighted by Gasteiger charge is 1.99. The van der Waals surface area contributed by atoms with Crippen molar-refractivity contribution in [2.45, 2.75) is 13.2 Å². The summed E-state index contributed by atoms with van der Waals surface area (Å²) in [6.07, 6.45) is 1.60. The van der Waals surface area contributed by atoms with E-state index in [4.69, 9.17) is 15.7 Å². The van der Waals surface area contributed by atoms with Crippen molar-refractivity contribution in [2.24, 2.45) is 5.73 Å². The molecule has 2 aromatic rings. The Morgan fingerprint density at radius 3 is 2.89 bits per heavy atom. The molecule has 0 fully saturated rings. The summed E-state index contributed by atoms with van der Waals surface area (Å²) < 4.78 is 5.64. The van der Waals surface area contributed by atoms with Crippen molar-refractivity contribution in [1.29, 1.82) is 5.26 Å². The molecule has 1 heterocycles. The van der Waals surface area contributed by atoms with E-state index in [2.05, 4.69) is 4.98 Å². The van der Waals surface area contributed by atoms with Crippen LogP contribution in [-0.2, 0) is 13.2 Å². The molecule has 0 atom stereocenters. The standard InChI is InChI=1S/C14H13N3O/c15-8-11-2-1-3-14(7-11)18-10-12-4-5-17-13(6-12)9-16/h1-7H,8,10,15H2. The van der Waals surface area contributed by atoms with Crippen molar-refractivity contribution in [3.8, 4) is 11.8 Å². The number of pyridine rings is 1. The van der Waals surface area contributed by atoms with Crippen LogP contribution in [0.3, 0.4) is 0 Å². The van der Waals surface area contributed by atoms with Gasteiger partial charge in [0.25, 0.3) is 0 Å². The van der Waals surface area contributed by atoms with Crippen LogP contribution < -0.4 is 10.5 Å². The number of rotatable bonds is 4. The molecule has 0 spiro atoms. The van der Waals surface area contributed by atoms with E-state index in [-0.39, 0.29) is 0 Å². The zero-order valence-corrected chi connectivity index (χ0v) is 9.84. The predicted octanol–water partition coefficient (Wildman–Crippen LogP) is 1.99. The van der Waals surface area contributed by atoms with Gasteiger partial charge in [0.2, 0.25) is 0 Å². The van der Waals surface area contributed by atoms with Crippen LogP contribution in [0.2, 0.25) is 0 Å². The molecule has 4 nitrogen and oxygen atoms in total. The number of nitrogens with two attached hydrogens (primary N) is 1. The molecule has 0 aliphatic rings. The maximum Gasteiger partial charge on any atom is 0.140 e. The molecule has 2 rings (SSSR count). The number of nitrogens with zero attached hydrogens (tertiary/aromatic N) is 2. The summed E-state index contributed by atoms with van der Waals surface area (Å²) in [7, 11) is 0. The van der Waals surface area contributed by atoms with Gasteiger partial charge in [-0.2, -0.15) is 5.26 Å². The van der Waals surface area contributed by atoms with Gasteiger partial charge in [0, 0.05) is 12.7 Å². The number of hydrogen-bond donors (Lipinski definition) is 1. The van der Waals surface area contributed by atoms with Crippen LogP contribution in [-0.4, -0.2) is 4.98 Å². The lowest BCUT2D eigenvalue weighted by atomic mass is 10.2. The Bertz CT molecular complexity index is 575. The Hall–Kier alpha value is -2.38. The van der Waals surface area contributed by atoms with E-state index in [1.807, 2.05) is 36.4 Å². The number of nitriles is 1. The van der Waals surface area contributed by atoms with Crippen LogP contribution in [0.5, 0.6) is 5.75 Å². The van der Waals surface area contributed by atoms with Gasteiger partial charge in [0.05, 0.1) is 0 Å². The lowest BCUT2D eigenvalue weighted by Crippen LogP contribution is -1.99. The quantitative estimate of drug-likeness (QED) is 0.885. The predicted molar refractivity (Wildman–Crippen MR) is 67.6 cm³/mol. The average Bonchev–Trinajstić information content (AvgIpc) is 2.45. The van der Waals surface area contributed by atoms with Gasteiger partial charge in [0.15, 0.2) is 0 Å². The van der Waals surface area contributed by atoms with Gasteiger partial charge in [-0.1, -0.05) is 12.1 Å². The Morgan fingerprint density at radius 2 is 2.11 bits per heavy atom. The van der Waals surface area contributed by atoms with E-state index in [0.717, 1.165) is 16.9 Å². The number of ether oxygens (including phenoxy) is 1. The zero-order chi connectivity index (χ0) is 12.8. The van der Waals surface area contributed by atoms with Crippen LogP contribution >= 0.6 is 0 Å². The highest BCUT2D eigenvalue weighted by Crippen LogP contribution is 2.15. The third kappa shape index (κ3) is 3.06. The maximum atomic E-state index is 8.75. The van der Waals surface area contributed by atoms with Crippen molar-refractivity contribution in [1.82, 2.24) is 4.98 Å². The Morgan fingerprint density at radius 1 is 1.22 bits per heavy atom. The van der Waals surface area contributed by atoms with Crippen LogP contribution in [0.15, 0.2) is 42.6 Å². The summed E-state index contributed by atoms with van der Waals surface area (Å²) >= 11 is 0. The van der Waals surface area contributed by atoms with E-state index in [1.54, 1.807) is 12.3 Å². The summed E-state index contributed by atoms with van der Waals surface area (Å²) in [6, 6.07) is 13.2. The Labute approximate surface area is 106 Å². The van der Waals surface area contributed by atoms with Crippen molar-refractivity contribution >= 4 is 0 Å². The molecule has 4 heteroatoms. The first-order chi connectivity index (χ1) is 8.81. The second-order valence-electron chi connectivity index (χ2n) is 3.80. The lowest BCUT2D eigenvalue weighted by Gasteiger charge is -2.07. The molecule has 0 aliphatic heterocycles. The summed E-state index contributed by atoms with van der Waals surface area (Å²) in [4.78, 5) is 3.91. The van der Waals surface area contributed by atoms with E-state index in [0.29, 0.717) is 18.8 Å². The van der Waals surface area contributed by atoms with Gasteiger partial charge in [-0.3, -0.25) is 0 Å². The minimum Gasteiger partial charge on any atom is -0.489 e. The first-order valence-corrected chi connectivity index (χ1v) is 5.58. The molecule has 1 aromatic carbocycles. The molecule has 2 N–H and O–H groups in total. The fourth-order valence-electron chi connectivity index (χ4n) is 1.55. The van der Waals surface area contributed by atoms with Crippen molar-refractivity contribution < 1.29 is 4.74 Å². The van der Waals surface area contributed by atoms with Crippen LogP contribution in [0.25, 0.3) is 0 Å². The molecule has 0 aliphatic carbocycles. The monoisotopic (exact) mass is 239 g/mol. The molecule has 0 amide bonds. The van der Waals surface area contributed by atoms with Crippen molar-refractivity contribution in [3.05, 3.63) is 59.4 Å². The smallest absolute Gasteiger partial charge is 0.140 e. The molecule has 1 aromatic heterocycles. The van der Waals surface area contributed by atoms with E-state index in [1.165, 1.54) is 0 Å². The Kier molecular flexibility index (Phi) is 3.90. The molecule has 0 saturated heterocycles.